The van der Waals surface area contributed by atoms with E-state index in [0.29, 0.717) is 16.4 Å². The second-order valence-electron chi connectivity index (χ2n) is 3.14. The van der Waals surface area contributed by atoms with E-state index >= 15 is 0 Å². The maximum atomic E-state index is 9.96. The number of phenolic OH excluding ortho intramolecular Hbond substituents is 1. The molecule has 0 atom stereocenters. The zero-order valence-electron chi connectivity index (χ0n) is 8.00. The van der Waals surface area contributed by atoms with Crippen molar-refractivity contribution in [2.45, 2.75) is 24.5 Å². The second kappa shape index (κ2) is 4.86. The van der Waals surface area contributed by atoms with E-state index in [1.165, 1.54) is 0 Å². The normalized spacial score (nSPS) is 10.6. The fraction of sp³-hybridized carbons (Fsp3) is 0.400. The maximum absolute atomic E-state index is 9.96. The number of halogens is 3. The molecule has 1 rings (SSSR count). The van der Waals surface area contributed by atoms with E-state index in [2.05, 4.69) is 31.9 Å². The first kappa shape index (κ1) is 12.3. The van der Waals surface area contributed by atoms with Gasteiger partial charge in [0.15, 0.2) is 0 Å². The maximum Gasteiger partial charge on any atom is 0.124 e. The van der Waals surface area contributed by atoms with Gasteiger partial charge in [0, 0.05) is 26.8 Å². The van der Waals surface area contributed by atoms with E-state index in [1.807, 2.05) is 13.8 Å². The van der Waals surface area contributed by atoms with E-state index in [4.69, 9.17) is 11.6 Å². The Morgan fingerprint density at radius 1 is 1.07 bits per heavy atom. The van der Waals surface area contributed by atoms with Crippen LogP contribution in [0.5, 0.6) is 5.75 Å². The lowest BCUT2D eigenvalue weighted by Gasteiger charge is -2.15. The quantitative estimate of drug-likeness (QED) is 0.787. The van der Waals surface area contributed by atoms with E-state index in [0.717, 1.165) is 27.3 Å². The van der Waals surface area contributed by atoms with Gasteiger partial charge in [-0.2, -0.15) is 0 Å². The Balaban J connectivity index is 3.56. The average molecular weight is 342 g/mol. The molecule has 0 aliphatic rings. The molecule has 0 amide bonds. The van der Waals surface area contributed by atoms with Gasteiger partial charge >= 0.3 is 0 Å². The van der Waals surface area contributed by atoms with Crippen LogP contribution >= 0.6 is 43.5 Å². The molecule has 0 spiro atoms. The minimum Gasteiger partial charge on any atom is -0.507 e. The van der Waals surface area contributed by atoms with Gasteiger partial charge in [0.25, 0.3) is 0 Å². The van der Waals surface area contributed by atoms with E-state index in [-0.39, 0.29) is 0 Å². The van der Waals surface area contributed by atoms with Crippen LogP contribution in [0.2, 0.25) is 5.02 Å². The van der Waals surface area contributed by atoms with Crippen LogP contribution in [0.3, 0.4) is 0 Å². The number of hydrogen-bond donors (Lipinski definition) is 1. The Morgan fingerprint density at radius 3 is 1.71 bits per heavy atom. The third kappa shape index (κ3) is 1.95. The summed E-state index contributed by atoms with van der Waals surface area (Å²) in [5, 5.41) is 11.9. The first-order valence-electron chi connectivity index (χ1n) is 4.15. The van der Waals surface area contributed by atoms with Crippen LogP contribution in [-0.4, -0.2) is 5.11 Å². The van der Waals surface area contributed by atoms with Crippen molar-refractivity contribution < 1.29 is 5.11 Å². The highest BCUT2D eigenvalue weighted by atomic mass is 79.9. The van der Waals surface area contributed by atoms with Crippen molar-refractivity contribution >= 4 is 43.5 Å². The largest absolute Gasteiger partial charge is 0.507 e. The number of benzene rings is 1. The van der Waals surface area contributed by atoms with Gasteiger partial charge in [0.2, 0.25) is 0 Å². The molecule has 0 saturated carbocycles. The van der Waals surface area contributed by atoms with E-state index in [1.54, 1.807) is 0 Å². The lowest BCUT2D eigenvalue weighted by Crippen LogP contribution is -1.96. The standard InChI is InChI=1S/C10H11Br2ClO/c1-5-7(3-11)10(14)8(4-12)6(2)9(5)13/h14H,3-4H2,1-2H3. The van der Waals surface area contributed by atoms with Crippen molar-refractivity contribution in [2.24, 2.45) is 0 Å². The Bertz CT molecular complexity index is 333. The topological polar surface area (TPSA) is 20.2 Å². The number of alkyl halides is 2. The van der Waals surface area contributed by atoms with Gasteiger partial charge < -0.3 is 5.11 Å². The van der Waals surface area contributed by atoms with Gasteiger partial charge in [-0.3, -0.25) is 0 Å². The number of phenols is 1. The van der Waals surface area contributed by atoms with Gasteiger partial charge in [-0.15, -0.1) is 0 Å². The van der Waals surface area contributed by atoms with Crippen molar-refractivity contribution in [2.75, 3.05) is 0 Å². The second-order valence-corrected chi connectivity index (χ2v) is 4.64. The molecule has 0 aliphatic carbocycles. The van der Waals surface area contributed by atoms with Crippen LogP contribution in [0, 0.1) is 13.8 Å². The molecule has 0 radical (unpaired) electrons. The summed E-state index contributed by atoms with van der Waals surface area (Å²) in [6.45, 7) is 3.84. The summed E-state index contributed by atoms with van der Waals surface area (Å²) in [4.78, 5) is 0. The third-order valence-electron chi connectivity index (χ3n) is 2.40. The molecule has 0 fully saturated rings. The van der Waals surface area contributed by atoms with Crippen LogP contribution in [0.15, 0.2) is 0 Å². The van der Waals surface area contributed by atoms with Gasteiger partial charge in [-0.05, 0) is 25.0 Å². The molecule has 14 heavy (non-hydrogen) atoms. The summed E-state index contributed by atoms with van der Waals surface area (Å²) in [7, 11) is 0. The van der Waals surface area contributed by atoms with Crippen LogP contribution < -0.4 is 0 Å². The smallest absolute Gasteiger partial charge is 0.124 e. The summed E-state index contributed by atoms with van der Waals surface area (Å²) in [5.41, 5.74) is 3.64. The Hall–Kier alpha value is 0.270. The third-order valence-corrected chi connectivity index (χ3v) is 4.09. The van der Waals surface area contributed by atoms with Crippen molar-refractivity contribution in [3.8, 4) is 5.75 Å². The molecule has 0 saturated heterocycles. The highest BCUT2D eigenvalue weighted by Gasteiger charge is 2.16. The van der Waals surface area contributed by atoms with Gasteiger partial charge in [-0.1, -0.05) is 43.5 Å². The molecule has 1 N–H and O–H groups in total. The van der Waals surface area contributed by atoms with Crippen molar-refractivity contribution in [3.05, 3.63) is 27.3 Å². The molecule has 0 unspecified atom stereocenters. The molecular weight excluding hydrogens is 331 g/mol. The first-order chi connectivity index (χ1) is 6.54. The van der Waals surface area contributed by atoms with Crippen LogP contribution in [0.25, 0.3) is 0 Å². The SMILES string of the molecule is Cc1c(Cl)c(C)c(CBr)c(O)c1CBr. The molecule has 4 heteroatoms. The molecule has 0 heterocycles. The fourth-order valence-corrected chi connectivity index (χ4v) is 3.01. The highest BCUT2D eigenvalue weighted by Crippen LogP contribution is 2.37. The summed E-state index contributed by atoms with van der Waals surface area (Å²) in [6.07, 6.45) is 0. The fourth-order valence-electron chi connectivity index (χ4n) is 1.41. The van der Waals surface area contributed by atoms with Crippen molar-refractivity contribution in [1.82, 2.24) is 0 Å². The number of rotatable bonds is 2. The van der Waals surface area contributed by atoms with E-state index < -0.39 is 0 Å². The van der Waals surface area contributed by atoms with Crippen LogP contribution in [0.4, 0.5) is 0 Å². The zero-order valence-corrected chi connectivity index (χ0v) is 11.9. The number of hydrogen-bond acceptors (Lipinski definition) is 1. The molecule has 1 aromatic rings. The van der Waals surface area contributed by atoms with Gasteiger partial charge in [-0.25, -0.2) is 0 Å². The van der Waals surface area contributed by atoms with Crippen molar-refractivity contribution in [3.63, 3.8) is 0 Å². The number of aromatic hydroxyl groups is 1. The molecule has 1 nitrogen and oxygen atoms in total. The van der Waals surface area contributed by atoms with Crippen molar-refractivity contribution in [1.29, 1.82) is 0 Å². The molecule has 0 bridgehead atoms. The minimum atomic E-state index is 0.346. The Labute approximate surface area is 106 Å². The monoisotopic (exact) mass is 340 g/mol. The lowest BCUT2D eigenvalue weighted by molar-refractivity contribution is 0.465. The molecule has 0 aromatic heterocycles. The predicted molar refractivity (Wildman–Crippen MR) is 67.9 cm³/mol. The van der Waals surface area contributed by atoms with E-state index in [9.17, 15) is 5.11 Å². The minimum absolute atomic E-state index is 0.346. The Morgan fingerprint density at radius 2 is 1.43 bits per heavy atom. The Kier molecular flexibility index (Phi) is 4.29. The van der Waals surface area contributed by atoms with Gasteiger partial charge in [0.05, 0.1) is 0 Å². The van der Waals surface area contributed by atoms with Gasteiger partial charge in [0.1, 0.15) is 5.75 Å². The molecule has 1 aromatic carbocycles. The molecule has 78 valence electrons. The predicted octanol–water partition coefficient (Wildman–Crippen LogP) is 4.45. The molecular formula is C10H11Br2ClO. The first-order valence-corrected chi connectivity index (χ1v) is 6.78. The molecule has 0 aliphatic heterocycles. The summed E-state index contributed by atoms with van der Waals surface area (Å²) in [5.74, 6) is 0.346. The van der Waals surface area contributed by atoms with Crippen LogP contribution in [-0.2, 0) is 10.7 Å². The average Bonchev–Trinajstić information content (AvgIpc) is 2.16. The lowest BCUT2D eigenvalue weighted by atomic mass is 10.00. The van der Waals surface area contributed by atoms with Crippen LogP contribution in [0.1, 0.15) is 22.3 Å². The summed E-state index contributed by atoms with van der Waals surface area (Å²) < 4.78 is 0. The zero-order chi connectivity index (χ0) is 10.9. The summed E-state index contributed by atoms with van der Waals surface area (Å²) in [6, 6.07) is 0. The summed E-state index contributed by atoms with van der Waals surface area (Å²) >= 11 is 12.9. The highest BCUT2D eigenvalue weighted by molar-refractivity contribution is 9.08.